The maximum Gasteiger partial charge on any atom is 0.407 e. The van der Waals surface area contributed by atoms with Gasteiger partial charge in [-0.2, -0.15) is 0 Å². The Labute approximate surface area is 416 Å². The molecule has 26 nitrogen and oxygen atoms in total. The fourth-order valence-electron chi connectivity index (χ4n) is 9.09. The number of rotatable bonds is 17. The van der Waals surface area contributed by atoms with E-state index in [2.05, 4.69) is 26.6 Å². The molecule has 4 heterocycles. The van der Waals surface area contributed by atoms with Gasteiger partial charge >= 0.3 is 36.4 Å². The van der Waals surface area contributed by atoms with Gasteiger partial charge in [0.25, 0.3) is 0 Å². The maximum atomic E-state index is 14.0. The van der Waals surface area contributed by atoms with E-state index in [0.29, 0.717) is 0 Å². The first-order chi connectivity index (χ1) is 34.3. The second-order valence-electron chi connectivity index (χ2n) is 17.9. The topological polar surface area (TPSA) is 312 Å². The molecule has 5 fully saturated rings. The molecule has 4 saturated heterocycles. The van der Waals surface area contributed by atoms with Gasteiger partial charge in [-0.1, -0.05) is 18.2 Å². The van der Waals surface area contributed by atoms with Crippen molar-refractivity contribution in [2.45, 2.75) is 172 Å². The average Bonchev–Trinajstić information content (AvgIpc) is 3.65. The molecular formula is C46H69N5O21. The highest BCUT2D eigenvalue weighted by atomic mass is 16.8. The number of amides is 5. The predicted molar refractivity (Wildman–Crippen MR) is 243 cm³/mol. The number of carbonyl (C=O) groups is 6. The molecule has 6 rings (SSSR count). The molecule has 0 spiro atoms. The van der Waals surface area contributed by atoms with E-state index in [-0.39, 0.29) is 58.2 Å². The van der Waals surface area contributed by atoms with Gasteiger partial charge < -0.3 is 98.0 Å². The van der Waals surface area contributed by atoms with Crippen LogP contribution in [0.2, 0.25) is 0 Å². The molecule has 15 unspecified atom stereocenters. The SMILES string of the molecule is CCOC(=O)NCC1OC(OC2C(NC(=O)OCC)CC(NC(=O)OCC)C(OC3OC4COC(C)(C)OC4C(NC(=O)OCC)C3OC(=O)c3ccccc3)C2O)C(NC(=O)OCC)C2OC(C)(C)OC12. The van der Waals surface area contributed by atoms with E-state index < -0.39 is 140 Å². The van der Waals surface area contributed by atoms with E-state index in [0.717, 1.165) is 0 Å². The van der Waals surface area contributed by atoms with Crippen molar-refractivity contribution in [2.24, 2.45) is 0 Å². The van der Waals surface area contributed by atoms with Crippen molar-refractivity contribution in [1.29, 1.82) is 0 Å². The summed E-state index contributed by atoms with van der Waals surface area (Å²) in [6, 6.07) is 2.91. The molecule has 0 aromatic heterocycles. The number of aliphatic hydroxyl groups is 1. The van der Waals surface area contributed by atoms with Gasteiger partial charge in [-0.25, -0.2) is 28.8 Å². The quantitative estimate of drug-likeness (QED) is 0.0961. The third-order valence-corrected chi connectivity index (χ3v) is 12.0. The van der Waals surface area contributed by atoms with Crippen LogP contribution in [0.1, 0.15) is 79.1 Å². The van der Waals surface area contributed by atoms with Gasteiger partial charge in [0.2, 0.25) is 0 Å². The summed E-state index contributed by atoms with van der Waals surface area (Å²) in [5, 5.41) is 26.3. The normalized spacial score (nSPS) is 33.3. The van der Waals surface area contributed by atoms with Crippen LogP contribution in [0.5, 0.6) is 0 Å². The highest BCUT2D eigenvalue weighted by molar-refractivity contribution is 5.89. The Kier molecular flexibility index (Phi) is 19.5. The first-order valence-electron chi connectivity index (χ1n) is 24.2. The van der Waals surface area contributed by atoms with E-state index in [1.807, 2.05) is 0 Å². The van der Waals surface area contributed by atoms with Crippen LogP contribution in [0, 0.1) is 0 Å². The van der Waals surface area contributed by atoms with Crippen molar-refractivity contribution < 1.29 is 100 Å². The summed E-state index contributed by atoms with van der Waals surface area (Å²) in [4.78, 5) is 79.7. The first-order valence-corrected chi connectivity index (χ1v) is 24.2. The second kappa shape index (κ2) is 25.1. The van der Waals surface area contributed by atoms with E-state index in [1.165, 1.54) is 12.1 Å². The number of aliphatic hydroxyl groups excluding tert-OH is 1. The number of ether oxygens (including phenoxy) is 14. The zero-order valence-corrected chi connectivity index (χ0v) is 41.8. The maximum absolute atomic E-state index is 14.0. The molecule has 5 amide bonds. The summed E-state index contributed by atoms with van der Waals surface area (Å²) in [5.41, 5.74) is 0.124. The summed E-state index contributed by atoms with van der Waals surface area (Å²) in [6.07, 6.45) is -19.8. The lowest BCUT2D eigenvalue weighted by atomic mass is 9.83. The molecule has 5 aliphatic rings. The lowest BCUT2D eigenvalue weighted by molar-refractivity contribution is -0.375. The van der Waals surface area contributed by atoms with Crippen LogP contribution in [0.4, 0.5) is 24.0 Å². The molecule has 0 bridgehead atoms. The zero-order chi connectivity index (χ0) is 52.3. The molecule has 72 heavy (non-hydrogen) atoms. The largest absolute Gasteiger partial charge is 0.451 e. The van der Waals surface area contributed by atoms with Gasteiger partial charge in [-0.3, -0.25) is 0 Å². The lowest BCUT2D eigenvalue weighted by Crippen LogP contribution is -2.72. The third kappa shape index (κ3) is 14.2. The molecule has 0 radical (unpaired) electrons. The van der Waals surface area contributed by atoms with Crippen molar-refractivity contribution in [3.05, 3.63) is 35.9 Å². The van der Waals surface area contributed by atoms with Crippen LogP contribution in [-0.4, -0.2) is 191 Å². The Morgan fingerprint density at radius 3 is 1.67 bits per heavy atom. The summed E-state index contributed by atoms with van der Waals surface area (Å²) in [6.45, 7) is 14.2. The van der Waals surface area contributed by atoms with Crippen molar-refractivity contribution in [3.63, 3.8) is 0 Å². The Bertz CT molecular complexity index is 2000. The summed E-state index contributed by atoms with van der Waals surface area (Å²) in [7, 11) is 0. The van der Waals surface area contributed by atoms with Gasteiger partial charge in [-0.05, 0) is 80.9 Å². The molecular weight excluding hydrogens is 959 g/mol. The molecule has 404 valence electrons. The van der Waals surface area contributed by atoms with Crippen molar-refractivity contribution in [3.8, 4) is 0 Å². The van der Waals surface area contributed by atoms with Crippen LogP contribution in [-0.2, 0) is 66.3 Å². The predicted octanol–water partition coefficient (Wildman–Crippen LogP) is 2.07. The smallest absolute Gasteiger partial charge is 0.407 e. The number of nitrogens with one attached hydrogen (secondary N) is 5. The van der Waals surface area contributed by atoms with E-state index >= 15 is 0 Å². The van der Waals surface area contributed by atoms with E-state index in [9.17, 15) is 33.9 Å². The number of esters is 1. The zero-order valence-electron chi connectivity index (χ0n) is 41.8. The average molecular weight is 1030 g/mol. The lowest BCUT2D eigenvalue weighted by Gasteiger charge is -2.52. The summed E-state index contributed by atoms with van der Waals surface area (Å²) < 4.78 is 83.5. The fraction of sp³-hybridized carbons (Fsp3) is 0.739. The number of fused-ring (bicyclic) bond motifs is 2. The molecule has 15 atom stereocenters. The highest BCUT2D eigenvalue weighted by Crippen LogP contribution is 2.41. The Hall–Kier alpha value is -5.32. The summed E-state index contributed by atoms with van der Waals surface area (Å²) in [5.74, 6) is -3.32. The number of benzene rings is 1. The van der Waals surface area contributed by atoms with E-state index in [4.69, 9.17) is 66.3 Å². The van der Waals surface area contributed by atoms with Gasteiger partial charge in [-0.15, -0.1) is 0 Å². The van der Waals surface area contributed by atoms with Crippen LogP contribution in [0.15, 0.2) is 30.3 Å². The van der Waals surface area contributed by atoms with Crippen LogP contribution < -0.4 is 26.6 Å². The molecule has 1 aliphatic carbocycles. The number of hydrogen-bond acceptors (Lipinski definition) is 21. The molecule has 1 aromatic rings. The standard InChI is InChI=1S/C46H69N5O21/c1-10-59-40(54)47-21-26-34-35(72-46(8,9)71-34)29(51-44(58)63-14-5)38(65-26)68-31-24(48-41(55)60-11-2)20-25(49-42(56)61-12-3)32(30(31)52)69-39-36(67-37(53)23-18-16-15-17-19-23)28(50-43(57)62-13-4)33-27(66-39)22-64-45(6,7)70-33/h15-19,24-36,38-39,52H,10-14,20-22H2,1-9H3,(H,47,54)(H,48,55)(H,49,56)(H,50,57)(H,51,58). The molecule has 4 aliphatic heterocycles. The molecule has 6 N–H and O–H groups in total. The molecule has 26 heteroatoms. The number of carbonyl (C=O) groups excluding carboxylic acids is 6. The monoisotopic (exact) mass is 1030 g/mol. The number of alkyl carbamates (subject to hydrolysis) is 5. The van der Waals surface area contributed by atoms with Gasteiger partial charge in [0.1, 0.15) is 60.9 Å². The van der Waals surface area contributed by atoms with Gasteiger partial charge in [0.05, 0.1) is 57.3 Å². The molecule has 1 saturated carbocycles. The van der Waals surface area contributed by atoms with E-state index in [1.54, 1.807) is 80.5 Å². The van der Waals surface area contributed by atoms with Crippen LogP contribution in [0.25, 0.3) is 0 Å². The Morgan fingerprint density at radius 1 is 0.597 bits per heavy atom. The van der Waals surface area contributed by atoms with Gasteiger partial charge in [0.15, 0.2) is 30.3 Å². The minimum atomic E-state index is -1.92. The molecule has 1 aromatic carbocycles. The van der Waals surface area contributed by atoms with Gasteiger partial charge in [0, 0.05) is 6.54 Å². The first kappa shape index (κ1) is 56.0. The Morgan fingerprint density at radius 2 is 1.10 bits per heavy atom. The second-order valence-corrected chi connectivity index (χ2v) is 17.9. The minimum absolute atomic E-state index is 0.0205. The minimum Gasteiger partial charge on any atom is -0.451 e. The Balaban J connectivity index is 1.43. The third-order valence-electron chi connectivity index (χ3n) is 12.0. The van der Waals surface area contributed by atoms with Crippen LogP contribution >= 0.6 is 0 Å². The van der Waals surface area contributed by atoms with Crippen LogP contribution in [0.3, 0.4) is 0 Å². The van der Waals surface area contributed by atoms with Crippen molar-refractivity contribution >= 4 is 36.4 Å². The number of hydrogen-bond donors (Lipinski definition) is 6. The van der Waals surface area contributed by atoms with Crippen molar-refractivity contribution in [2.75, 3.05) is 46.2 Å². The highest BCUT2D eigenvalue weighted by Gasteiger charge is 2.60. The fourth-order valence-corrected chi connectivity index (χ4v) is 9.09. The summed E-state index contributed by atoms with van der Waals surface area (Å²) >= 11 is 0. The van der Waals surface area contributed by atoms with Crippen molar-refractivity contribution in [1.82, 2.24) is 26.6 Å².